The number of anilines is 1. The van der Waals surface area contributed by atoms with E-state index >= 15 is 0 Å². The molecule has 0 radical (unpaired) electrons. The van der Waals surface area contributed by atoms with E-state index in [-0.39, 0.29) is 0 Å². The molecule has 0 unspecified atom stereocenters. The summed E-state index contributed by atoms with van der Waals surface area (Å²) >= 11 is 1.50. The van der Waals surface area contributed by atoms with E-state index in [1.807, 2.05) is 24.3 Å². The van der Waals surface area contributed by atoms with E-state index in [0.29, 0.717) is 0 Å². The molecule has 0 aliphatic heterocycles. The van der Waals surface area contributed by atoms with E-state index in [2.05, 4.69) is 4.98 Å². The molecule has 1 aliphatic rings. The molecule has 0 spiro atoms. The summed E-state index contributed by atoms with van der Waals surface area (Å²) in [5.74, 6) is -0.732. The molecule has 1 aromatic heterocycles. The zero-order valence-electron chi connectivity index (χ0n) is 8.86. The van der Waals surface area contributed by atoms with Crippen molar-refractivity contribution in [2.45, 2.75) is 31.7 Å². The first-order valence-corrected chi connectivity index (χ1v) is 5.83. The van der Waals surface area contributed by atoms with Crippen LogP contribution in [0.5, 0.6) is 0 Å². The standard InChI is InChI=1S/C10H14N2O2S/c1-7-6-15-9(11-7)12(2)10(8(13)14)4-3-5-10/h6H,3-5H2,1-2H3,(H,13,14). The minimum absolute atomic E-state index is 0.704. The Morgan fingerprint density at radius 2 is 2.33 bits per heavy atom. The Morgan fingerprint density at radius 3 is 2.67 bits per heavy atom. The van der Waals surface area contributed by atoms with E-state index in [4.69, 9.17) is 0 Å². The molecule has 0 amide bonds. The second-order valence-corrected chi connectivity index (χ2v) is 4.86. The Kier molecular flexibility index (Phi) is 2.42. The van der Waals surface area contributed by atoms with Crippen molar-refractivity contribution in [3.05, 3.63) is 11.1 Å². The molecule has 82 valence electrons. The lowest BCUT2D eigenvalue weighted by molar-refractivity contribution is -0.146. The molecule has 1 N–H and O–H groups in total. The number of hydrogen-bond donors (Lipinski definition) is 1. The van der Waals surface area contributed by atoms with Gasteiger partial charge in [0, 0.05) is 12.4 Å². The van der Waals surface area contributed by atoms with Crippen LogP contribution in [0.25, 0.3) is 0 Å². The molecule has 0 bridgehead atoms. The van der Waals surface area contributed by atoms with Crippen LogP contribution in [0.15, 0.2) is 5.38 Å². The number of rotatable bonds is 3. The smallest absolute Gasteiger partial charge is 0.329 e. The maximum atomic E-state index is 11.3. The Balaban J connectivity index is 2.26. The van der Waals surface area contributed by atoms with Gasteiger partial charge in [-0.2, -0.15) is 0 Å². The number of thiazole rings is 1. The van der Waals surface area contributed by atoms with Crippen LogP contribution in [0.1, 0.15) is 25.0 Å². The Hall–Kier alpha value is -1.10. The van der Waals surface area contributed by atoms with Crippen molar-refractivity contribution in [2.24, 2.45) is 0 Å². The maximum absolute atomic E-state index is 11.3. The summed E-state index contributed by atoms with van der Waals surface area (Å²) in [7, 11) is 1.82. The lowest BCUT2D eigenvalue weighted by atomic mass is 9.76. The van der Waals surface area contributed by atoms with Crippen LogP contribution in [0.2, 0.25) is 0 Å². The van der Waals surface area contributed by atoms with Crippen molar-refractivity contribution in [2.75, 3.05) is 11.9 Å². The molecule has 1 heterocycles. The van der Waals surface area contributed by atoms with Crippen LogP contribution in [0.3, 0.4) is 0 Å². The van der Waals surface area contributed by atoms with Gasteiger partial charge in [-0.05, 0) is 26.2 Å². The Labute approximate surface area is 92.6 Å². The summed E-state index contributed by atoms with van der Waals surface area (Å²) < 4.78 is 0. The molecule has 0 saturated heterocycles. The molecular weight excluding hydrogens is 212 g/mol. The highest BCUT2D eigenvalue weighted by atomic mass is 32.1. The monoisotopic (exact) mass is 226 g/mol. The van der Waals surface area contributed by atoms with Crippen molar-refractivity contribution in [3.8, 4) is 0 Å². The number of carboxylic acids is 1. The number of hydrogen-bond acceptors (Lipinski definition) is 4. The highest BCUT2D eigenvalue weighted by molar-refractivity contribution is 7.13. The number of likely N-dealkylation sites (N-methyl/N-ethyl adjacent to an activating group) is 1. The van der Waals surface area contributed by atoms with Crippen LogP contribution >= 0.6 is 11.3 Å². The van der Waals surface area contributed by atoms with Crippen LogP contribution in [-0.4, -0.2) is 28.6 Å². The lowest BCUT2D eigenvalue weighted by Gasteiger charge is -2.44. The predicted octanol–water partition coefficient (Wildman–Crippen LogP) is 1.90. The minimum Gasteiger partial charge on any atom is -0.479 e. The number of aromatic nitrogens is 1. The first-order chi connectivity index (χ1) is 7.06. The molecular formula is C10H14N2O2S. The highest BCUT2D eigenvalue weighted by Gasteiger charge is 2.48. The number of nitrogens with zero attached hydrogens (tertiary/aromatic N) is 2. The van der Waals surface area contributed by atoms with E-state index in [1.165, 1.54) is 11.3 Å². The maximum Gasteiger partial charge on any atom is 0.329 e. The van der Waals surface area contributed by atoms with E-state index in [0.717, 1.165) is 30.1 Å². The summed E-state index contributed by atoms with van der Waals surface area (Å²) in [6.45, 7) is 1.92. The molecule has 1 aliphatic carbocycles. The molecule has 5 heteroatoms. The van der Waals surface area contributed by atoms with Crippen molar-refractivity contribution in [3.63, 3.8) is 0 Å². The van der Waals surface area contributed by atoms with Gasteiger partial charge in [-0.1, -0.05) is 0 Å². The first kappa shape index (κ1) is 10.4. The van der Waals surface area contributed by atoms with Gasteiger partial charge in [0.2, 0.25) is 0 Å². The molecule has 1 saturated carbocycles. The normalized spacial score (nSPS) is 18.3. The molecule has 2 rings (SSSR count). The number of carboxylic acid groups (broad SMARTS) is 1. The second kappa shape index (κ2) is 3.48. The lowest BCUT2D eigenvalue weighted by Crippen LogP contribution is -2.58. The van der Waals surface area contributed by atoms with Gasteiger partial charge in [0.15, 0.2) is 5.13 Å². The SMILES string of the molecule is Cc1csc(N(C)C2(C(=O)O)CCC2)n1. The van der Waals surface area contributed by atoms with E-state index in [9.17, 15) is 9.90 Å². The van der Waals surface area contributed by atoms with Gasteiger partial charge in [-0.3, -0.25) is 0 Å². The zero-order chi connectivity index (χ0) is 11.1. The molecule has 1 aromatic rings. The van der Waals surface area contributed by atoms with Crippen LogP contribution in [0.4, 0.5) is 5.13 Å². The van der Waals surface area contributed by atoms with Gasteiger partial charge < -0.3 is 10.0 Å². The van der Waals surface area contributed by atoms with Gasteiger partial charge in [-0.15, -0.1) is 11.3 Å². The fraction of sp³-hybridized carbons (Fsp3) is 0.600. The molecule has 4 nitrogen and oxygen atoms in total. The Morgan fingerprint density at radius 1 is 1.67 bits per heavy atom. The quantitative estimate of drug-likeness (QED) is 0.855. The molecule has 0 aromatic carbocycles. The third-order valence-corrected chi connectivity index (χ3v) is 4.15. The zero-order valence-corrected chi connectivity index (χ0v) is 9.67. The molecule has 15 heavy (non-hydrogen) atoms. The number of carbonyl (C=O) groups is 1. The van der Waals surface area contributed by atoms with Crippen molar-refractivity contribution in [1.29, 1.82) is 0 Å². The van der Waals surface area contributed by atoms with Gasteiger partial charge >= 0.3 is 5.97 Å². The minimum atomic E-state index is -0.732. The van der Waals surface area contributed by atoms with Crippen molar-refractivity contribution >= 4 is 22.4 Å². The van der Waals surface area contributed by atoms with Gasteiger partial charge in [0.1, 0.15) is 5.54 Å². The topological polar surface area (TPSA) is 53.4 Å². The van der Waals surface area contributed by atoms with Crippen LogP contribution < -0.4 is 4.90 Å². The third-order valence-electron chi connectivity index (χ3n) is 3.11. The van der Waals surface area contributed by atoms with Gasteiger partial charge in [0.05, 0.1) is 5.69 Å². The summed E-state index contributed by atoms with van der Waals surface area (Å²) in [4.78, 5) is 17.4. The largest absolute Gasteiger partial charge is 0.479 e. The summed E-state index contributed by atoms with van der Waals surface area (Å²) in [6, 6.07) is 0. The molecule has 0 atom stereocenters. The number of aryl methyl sites for hydroxylation is 1. The first-order valence-electron chi connectivity index (χ1n) is 4.95. The summed E-state index contributed by atoms with van der Waals surface area (Å²) in [5.41, 5.74) is 0.242. The average Bonchev–Trinajstić information content (AvgIpc) is 2.48. The fourth-order valence-electron chi connectivity index (χ4n) is 1.88. The van der Waals surface area contributed by atoms with Gasteiger partial charge in [0.25, 0.3) is 0 Å². The molecule has 1 fully saturated rings. The van der Waals surface area contributed by atoms with Crippen molar-refractivity contribution < 1.29 is 9.90 Å². The number of aliphatic carboxylic acids is 1. The summed E-state index contributed by atoms with van der Waals surface area (Å²) in [6.07, 6.45) is 2.43. The van der Waals surface area contributed by atoms with Gasteiger partial charge in [-0.25, -0.2) is 9.78 Å². The summed E-state index contributed by atoms with van der Waals surface area (Å²) in [5, 5.41) is 12.0. The van der Waals surface area contributed by atoms with Crippen molar-refractivity contribution in [1.82, 2.24) is 4.98 Å². The average molecular weight is 226 g/mol. The Bertz CT molecular complexity index is 385. The third kappa shape index (κ3) is 1.51. The van der Waals surface area contributed by atoms with Crippen LogP contribution in [-0.2, 0) is 4.79 Å². The second-order valence-electron chi connectivity index (χ2n) is 4.02. The fourth-order valence-corrected chi connectivity index (χ4v) is 2.74. The highest BCUT2D eigenvalue weighted by Crippen LogP contribution is 2.40. The van der Waals surface area contributed by atoms with Crippen LogP contribution in [0, 0.1) is 6.92 Å². The van der Waals surface area contributed by atoms with E-state index < -0.39 is 11.5 Å². The van der Waals surface area contributed by atoms with E-state index in [1.54, 1.807) is 0 Å². The predicted molar refractivity (Wildman–Crippen MR) is 59.5 cm³/mol.